The molecule has 0 saturated heterocycles. The quantitative estimate of drug-likeness (QED) is 0.897. The SMILES string of the molecule is Cc1ccc(NCC(=O)N2CCc3sccc3C2)c(Br)c1. The van der Waals surface area contributed by atoms with E-state index in [9.17, 15) is 4.79 Å². The molecule has 0 spiro atoms. The van der Waals surface area contributed by atoms with E-state index in [0.717, 1.165) is 29.7 Å². The third-order valence-corrected chi connectivity index (χ3v) is 5.39. The summed E-state index contributed by atoms with van der Waals surface area (Å²) in [5.41, 5.74) is 3.46. The number of carbonyl (C=O) groups excluding carboxylic acids is 1. The smallest absolute Gasteiger partial charge is 0.242 e. The van der Waals surface area contributed by atoms with Gasteiger partial charge in [-0.15, -0.1) is 11.3 Å². The standard InChI is InChI=1S/C16H17BrN2OS/c1-11-2-3-14(13(17)8-11)18-9-16(20)19-6-4-15-12(10-19)5-7-21-15/h2-3,5,7-8,18H,4,6,9-10H2,1H3. The topological polar surface area (TPSA) is 32.3 Å². The fraction of sp³-hybridized carbons (Fsp3) is 0.312. The maximum absolute atomic E-state index is 12.3. The summed E-state index contributed by atoms with van der Waals surface area (Å²) < 4.78 is 0.995. The number of carbonyl (C=O) groups is 1. The Hall–Kier alpha value is -1.33. The molecule has 0 radical (unpaired) electrons. The maximum atomic E-state index is 12.3. The zero-order valence-corrected chi connectivity index (χ0v) is 14.3. The first-order valence-corrected chi connectivity index (χ1v) is 8.64. The summed E-state index contributed by atoms with van der Waals surface area (Å²) in [6.07, 6.45) is 0.979. The molecule has 0 unspecified atom stereocenters. The van der Waals surface area contributed by atoms with Crippen molar-refractivity contribution in [2.75, 3.05) is 18.4 Å². The Morgan fingerprint density at radius 3 is 3.10 bits per heavy atom. The van der Waals surface area contributed by atoms with Crippen molar-refractivity contribution in [1.29, 1.82) is 0 Å². The van der Waals surface area contributed by atoms with Gasteiger partial charge < -0.3 is 10.2 Å². The second-order valence-corrected chi connectivity index (χ2v) is 7.13. The molecule has 0 fully saturated rings. The molecule has 2 heterocycles. The maximum Gasteiger partial charge on any atom is 0.242 e. The van der Waals surface area contributed by atoms with Crippen LogP contribution in [0.4, 0.5) is 5.69 Å². The van der Waals surface area contributed by atoms with Crippen LogP contribution < -0.4 is 5.32 Å². The Kier molecular flexibility index (Phi) is 4.31. The highest BCUT2D eigenvalue weighted by Gasteiger charge is 2.21. The van der Waals surface area contributed by atoms with Gasteiger partial charge in [0.15, 0.2) is 0 Å². The van der Waals surface area contributed by atoms with E-state index in [0.29, 0.717) is 6.54 Å². The molecule has 1 aliphatic rings. The lowest BCUT2D eigenvalue weighted by Gasteiger charge is -2.27. The lowest BCUT2D eigenvalue weighted by Crippen LogP contribution is -2.38. The molecule has 5 heteroatoms. The average Bonchev–Trinajstić information content (AvgIpc) is 2.93. The molecule has 3 nitrogen and oxygen atoms in total. The second kappa shape index (κ2) is 6.20. The van der Waals surface area contributed by atoms with Gasteiger partial charge in [-0.25, -0.2) is 0 Å². The van der Waals surface area contributed by atoms with Gasteiger partial charge in [-0.3, -0.25) is 4.79 Å². The number of rotatable bonds is 3. The fourth-order valence-corrected chi connectivity index (χ4v) is 4.03. The molecule has 1 amide bonds. The summed E-state index contributed by atoms with van der Waals surface area (Å²) in [4.78, 5) is 15.7. The molecule has 2 aromatic rings. The molecule has 3 rings (SSSR count). The molecule has 0 atom stereocenters. The minimum absolute atomic E-state index is 0.152. The largest absolute Gasteiger partial charge is 0.375 e. The van der Waals surface area contributed by atoms with Crippen LogP contribution >= 0.6 is 27.3 Å². The highest BCUT2D eigenvalue weighted by molar-refractivity contribution is 9.10. The Bertz CT molecular complexity index is 668. The minimum atomic E-state index is 0.152. The Morgan fingerprint density at radius 1 is 1.43 bits per heavy atom. The molecule has 1 aromatic carbocycles. The van der Waals surface area contributed by atoms with Crippen LogP contribution in [0.3, 0.4) is 0 Å². The number of nitrogens with zero attached hydrogens (tertiary/aromatic N) is 1. The molecule has 1 aromatic heterocycles. The zero-order valence-electron chi connectivity index (χ0n) is 11.9. The molecular weight excluding hydrogens is 348 g/mol. The number of hydrogen-bond donors (Lipinski definition) is 1. The van der Waals surface area contributed by atoms with Crippen LogP contribution in [0.2, 0.25) is 0 Å². The van der Waals surface area contributed by atoms with E-state index in [1.165, 1.54) is 16.0 Å². The van der Waals surface area contributed by atoms with Crippen LogP contribution in [0.15, 0.2) is 34.1 Å². The fourth-order valence-electron chi connectivity index (χ4n) is 2.51. The molecule has 0 bridgehead atoms. The predicted octanol–water partition coefficient (Wildman–Crippen LogP) is 3.82. The monoisotopic (exact) mass is 364 g/mol. The lowest BCUT2D eigenvalue weighted by atomic mass is 10.1. The van der Waals surface area contributed by atoms with Crippen molar-refractivity contribution in [3.63, 3.8) is 0 Å². The summed E-state index contributed by atoms with van der Waals surface area (Å²) in [6.45, 7) is 3.95. The number of aryl methyl sites for hydroxylation is 1. The van der Waals surface area contributed by atoms with Crippen molar-refractivity contribution in [3.05, 3.63) is 50.1 Å². The van der Waals surface area contributed by atoms with Gasteiger partial charge in [0.1, 0.15) is 0 Å². The lowest BCUT2D eigenvalue weighted by molar-refractivity contribution is -0.130. The molecule has 1 aliphatic heterocycles. The van der Waals surface area contributed by atoms with E-state index < -0.39 is 0 Å². The summed E-state index contributed by atoms with van der Waals surface area (Å²) in [7, 11) is 0. The van der Waals surface area contributed by atoms with E-state index in [4.69, 9.17) is 0 Å². The molecule has 110 valence electrons. The molecule has 21 heavy (non-hydrogen) atoms. The zero-order chi connectivity index (χ0) is 14.8. The Labute approximate surface area is 137 Å². The summed E-state index contributed by atoms with van der Waals surface area (Å²) in [5.74, 6) is 0.152. The minimum Gasteiger partial charge on any atom is -0.375 e. The molecular formula is C16H17BrN2OS. The summed E-state index contributed by atoms with van der Waals surface area (Å²) in [5, 5.41) is 5.33. The van der Waals surface area contributed by atoms with E-state index in [1.807, 2.05) is 30.0 Å². The number of benzene rings is 1. The van der Waals surface area contributed by atoms with Crippen LogP contribution in [0.1, 0.15) is 16.0 Å². The number of hydrogen-bond acceptors (Lipinski definition) is 3. The number of amides is 1. The highest BCUT2D eigenvalue weighted by Crippen LogP contribution is 2.25. The third-order valence-electron chi connectivity index (χ3n) is 3.72. The van der Waals surface area contributed by atoms with Gasteiger partial charge in [0, 0.05) is 28.1 Å². The van der Waals surface area contributed by atoms with Crippen molar-refractivity contribution in [1.82, 2.24) is 4.90 Å². The van der Waals surface area contributed by atoms with Crippen LogP contribution in [0, 0.1) is 6.92 Å². The molecule has 1 N–H and O–H groups in total. The summed E-state index contributed by atoms with van der Waals surface area (Å²) in [6, 6.07) is 8.21. The first-order chi connectivity index (χ1) is 10.1. The molecule has 0 saturated carbocycles. The van der Waals surface area contributed by atoms with Crippen LogP contribution in [-0.4, -0.2) is 23.9 Å². The van der Waals surface area contributed by atoms with E-state index in [-0.39, 0.29) is 5.91 Å². The number of fused-ring (bicyclic) bond motifs is 1. The van der Waals surface area contributed by atoms with Crippen LogP contribution in [0.25, 0.3) is 0 Å². The number of nitrogens with one attached hydrogen (secondary N) is 1. The average molecular weight is 365 g/mol. The summed E-state index contributed by atoms with van der Waals surface area (Å²) >= 11 is 5.32. The van der Waals surface area contributed by atoms with Crippen molar-refractivity contribution in [3.8, 4) is 0 Å². The van der Waals surface area contributed by atoms with Crippen molar-refractivity contribution in [2.24, 2.45) is 0 Å². The third kappa shape index (κ3) is 3.30. The van der Waals surface area contributed by atoms with E-state index >= 15 is 0 Å². The Morgan fingerprint density at radius 2 is 2.29 bits per heavy atom. The first kappa shape index (κ1) is 14.6. The van der Waals surface area contributed by atoms with E-state index in [2.05, 4.69) is 32.7 Å². The normalized spacial score (nSPS) is 13.9. The van der Waals surface area contributed by atoms with Gasteiger partial charge in [-0.05, 0) is 64.0 Å². The van der Waals surface area contributed by atoms with Crippen molar-refractivity contribution in [2.45, 2.75) is 19.9 Å². The van der Waals surface area contributed by atoms with Crippen molar-refractivity contribution < 1.29 is 4.79 Å². The van der Waals surface area contributed by atoms with Gasteiger partial charge in [0.25, 0.3) is 0 Å². The van der Waals surface area contributed by atoms with Gasteiger partial charge in [-0.1, -0.05) is 6.07 Å². The van der Waals surface area contributed by atoms with Crippen LogP contribution in [-0.2, 0) is 17.8 Å². The molecule has 0 aliphatic carbocycles. The van der Waals surface area contributed by atoms with Gasteiger partial charge in [0.05, 0.1) is 6.54 Å². The van der Waals surface area contributed by atoms with E-state index in [1.54, 1.807) is 11.3 Å². The highest BCUT2D eigenvalue weighted by atomic mass is 79.9. The van der Waals surface area contributed by atoms with Gasteiger partial charge in [-0.2, -0.15) is 0 Å². The first-order valence-electron chi connectivity index (χ1n) is 6.96. The number of thiophene rings is 1. The van der Waals surface area contributed by atoms with Gasteiger partial charge in [0.2, 0.25) is 5.91 Å². The predicted molar refractivity (Wildman–Crippen MR) is 90.8 cm³/mol. The number of anilines is 1. The second-order valence-electron chi connectivity index (χ2n) is 5.27. The van der Waals surface area contributed by atoms with Crippen molar-refractivity contribution >= 4 is 38.9 Å². The Balaban J connectivity index is 1.60. The number of halogens is 1. The van der Waals surface area contributed by atoms with Crippen LogP contribution in [0.5, 0.6) is 0 Å². The van der Waals surface area contributed by atoms with Gasteiger partial charge >= 0.3 is 0 Å².